The van der Waals surface area contributed by atoms with Crippen molar-refractivity contribution in [3.63, 3.8) is 0 Å². The van der Waals surface area contributed by atoms with Crippen LogP contribution < -0.4 is 11.1 Å². The minimum absolute atomic E-state index is 0.238. The second-order valence-electron chi connectivity index (χ2n) is 4.39. The molecule has 2 aromatic heterocycles. The summed E-state index contributed by atoms with van der Waals surface area (Å²) in [7, 11) is 0. The molecule has 0 aliphatic heterocycles. The monoisotopic (exact) mass is 268 g/mol. The highest BCUT2D eigenvalue weighted by molar-refractivity contribution is 6.05. The van der Waals surface area contributed by atoms with E-state index < -0.39 is 0 Å². The summed E-state index contributed by atoms with van der Waals surface area (Å²) in [5, 5.41) is 7.99. The van der Waals surface area contributed by atoms with Crippen LogP contribution in [-0.4, -0.2) is 16.0 Å². The maximum Gasteiger partial charge on any atom is 0.275 e. The molecule has 2 heterocycles. The van der Waals surface area contributed by atoms with Gasteiger partial charge in [-0.05, 0) is 18.4 Å². The van der Waals surface area contributed by atoms with Gasteiger partial charge in [0.05, 0.1) is 0 Å². The Morgan fingerprint density at radius 3 is 2.85 bits per heavy atom. The van der Waals surface area contributed by atoms with Gasteiger partial charge in [0.1, 0.15) is 17.3 Å². The van der Waals surface area contributed by atoms with Crippen LogP contribution >= 0.6 is 0 Å². The van der Waals surface area contributed by atoms with Gasteiger partial charge in [0.15, 0.2) is 5.82 Å². The number of nitrogens with zero attached hydrogens (tertiary/aromatic N) is 2. The van der Waals surface area contributed by atoms with Crippen molar-refractivity contribution in [3.05, 3.63) is 47.9 Å². The van der Waals surface area contributed by atoms with E-state index in [4.69, 9.17) is 10.3 Å². The molecule has 6 nitrogen and oxygen atoms in total. The number of nitrogen functional groups attached to an aromatic ring is 1. The Kier molecular flexibility index (Phi) is 2.83. The van der Waals surface area contributed by atoms with Crippen LogP contribution in [-0.2, 0) is 0 Å². The summed E-state index contributed by atoms with van der Waals surface area (Å²) in [5.41, 5.74) is 6.10. The third kappa shape index (κ3) is 2.18. The first-order chi connectivity index (χ1) is 9.63. The molecule has 0 unspecified atom stereocenters. The van der Waals surface area contributed by atoms with Crippen LogP contribution in [0.25, 0.3) is 10.8 Å². The van der Waals surface area contributed by atoms with Crippen LogP contribution in [0.2, 0.25) is 0 Å². The van der Waals surface area contributed by atoms with Gasteiger partial charge in [0.25, 0.3) is 5.91 Å². The predicted octanol–water partition coefficient (Wildman–Crippen LogP) is 2.37. The zero-order valence-corrected chi connectivity index (χ0v) is 10.8. The number of pyridine rings is 1. The molecule has 0 spiro atoms. The van der Waals surface area contributed by atoms with E-state index in [1.54, 1.807) is 19.1 Å². The van der Waals surface area contributed by atoms with Crippen LogP contribution in [0.4, 0.5) is 11.6 Å². The fourth-order valence-corrected chi connectivity index (χ4v) is 1.95. The number of rotatable bonds is 2. The fourth-order valence-electron chi connectivity index (χ4n) is 1.95. The van der Waals surface area contributed by atoms with Gasteiger partial charge >= 0.3 is 0 Å². The number of carbonyl (C=O) groups is 1. The highest BCUT2D eigenvalue weighted by atomic mass is 16.5. The smallest absolute Gasteiger partial charge is 0.275 e. The minimum Gasteiger partial charge on any atom is -0.383 e. The van der Waals surface area contributed by atoms with Crippen molar-refractivity contribution in [2.45, 2.75) is 6.92 Å². The van der Waals surface area contributed by atoms with Gasteiger partial charge < -0.3 is 15.6 Å². The van der Waals surface area contributed by atoms with E-state index in [-0.39, 0.29) is 11.6 Å². The quantitative estimate of drug-likeness (QED) is 0.744. The van der Waals surface area contributed by atoms with Crippen LogP contribution in [0.15, 0.2) is 40.9 Å². The molecule has 100 valence electrons. The lowest BCUT2D eigenvalue weighted by Crippen LogP contribution is -2.14. The molecule has 0 aliphatic carbocycles. The van der Waals surface area contributed by atoms with Crippen molar-refractivity contribution < 1.29 is 9.32 Å². The lowest BCUT2D eigenvalue weighted by Gasteiger charge is -2.05. The van der Waals surface area contributed by atoms with E-state index in [1.165, 1.54) is 0 Å². The number of amides is 1. The van der Waals surface area contributed by atoms with Crippen molar-refractivity contribution in [2.24, 2.45) is 0 Å². The van der Waals surface area contributed by atoms with Crippen molar-refractivity contribution in [1.82, 2.24) is 10.1 Å². The van der Waals surface area contributed by atoms with Crippen LogP contribution in [0, 0.1) is 6.92 Å². The second kappa shape index (κ2) is 4.65. The Morgan fingerprint density at radius 2 is 2.10 bits per heavy atom. The second-order valence-corrected chi connectivity index (χ2v) is 4.39. The van der Waals surface area contributed by atoms with E-state index in [0.717, 1.165) is 10.8 Å². The molecule has 0 radical (unpaired) electrons. The average molecular weight is 268 g/mol. The summed E-state index contributed by atoms with van der Waals surface area (Å²) in [4.78, 5) is 16.2. The molecular formula is C14H12N4O2. The number of benzene rings is 1. The van der Waals surface area contributed by atoms with Gasteiger partial charge in [0.2, 0.25) is 0 Å². The van der Waals surface area contributed by atoms with Crippen molar-refractivity contribution in [2.75, 3.05) is 11.1 Å². The number of nitrogens with two attached hydrogens (primary N) is 1. The standard InChI is InChI=1S/C14H12N4O2/c1-8-6-12(18-20-8)17-14(19)11-7-9-4-2-3-5-10(9)13(15)16-11/h2-7H,1H3,(H2,15,16)(H,17,18,19). The highest BCUT2D eigenvalue weighted by Crippen LogP contribution is 2.20. The molecule has 3 aromatic rings. The molecule has 0 saturated carbocycles. The maximum absolute atomic E-state index is 12.1. The van der Waals surface area contributed by atoms with Gasteiger partial charge in [-0.3, -0.25) is 4.79 Å². The number of aryl methyl sites for hydroxylation is 1. The van der Waals surface area contributed by atoms with Crippen LogP contribution in [0.3, 0.4) is 0 Å². The summed E-state index contributed by atoms with van der Waals surface area (Å²) in [6, 6.07) is 10.8. The van der Waals surface area contributed by atoms with Crippen LogP contribution in [0.1, 0.15) is 16.2 Å². The topological polar surface area (TPSA) is 94.0 Å². The van der Waals surface area contributed by atoms with E-state index >= 15 is 0 Å². The lowest BCUT2D eigenvalue weighted by atomic mass is 10.1. The first kappa shape index (κ1) is 12.2. The summed E-state index contributed by atoms with van der Waals surface area (Å²) < 4.78 is 4.89. The first-order valence-corrected chi connectivity index (χ1v) is 6.03. The molecule has 20 heavy (non-hydrogen) atoms. The summed E-state index contributed by atoms with van der Waals surface area (Å²) in [5.74, 6) is 0.910. The van der Waals surface area contributed by atoms with Gasteiger partial charge in [-0.2, -0.15) is 0 Å². The molecule has 0 fully saturated rings. The van der Waals surface area contributed by atoms with Gasteiger partial charge in [-0.25, -0.2) is 4.98 Å². The number of nitrogens with one attached hydrogen (secondary N) is 1. The third-order valence-electron chi connectivity index (χ3n) is 2.87. The predicted molar refractivity (Wildman–Crippen MR) is 75.3 cm³/mol. The van der Waals surface area contributed by atoms with Crippen LogP contribution in [0.5, 0.6) is 0 Å². The Bertz CT molecular complexity index is 795. The first-order valence-electron chi connectivity index (χ1n) is 6.03. The molecule has 3 N–H and O–H groups in total. The maximum atomic E-state index is 12.1. The zero-order valence-electron chi connectivity index (χ0n) is 10.8. The Hall–Kier alpha value is -2.89. The number of fused-ring (bicyclic) bond motifs is 1. The van der Waals surface area contributed by atoms with Crippen molar-refractivity contribution in [3.8, 4) is 0 Å². The minimum atomic E-state index is -0.379. The van der Waals surface area contributed by atoms with Gasteiger partial charge in [-0.15, -0.1) is 0 Å². The average Bonchev–Trinajstić information content (AvgIpc) is 2.84. The van der Waals surface area contributed by atoms with Gasteiger partial charge in [-0.1, -0.05) is 29.4 Å². The third-order valence-corrected chi connectivity index (χ3v) is 2.87. The van der Waals surface area contributed by atoms with E-state index in [1.807, 2.05) is 24.3 Å². The SMILES string of the molecule is Cc1cc(NC(=O)c2cc3ccccc3c(N)n2)no1. The number of hydrogen-bond donors (Lipinski definition) is 2. The molecule has 0 aliphatic rings. The molecule has 1 aromatic carbocycles. The Balaban J connectivity index is 1.95. The summed E-state index contributed by atoms with van der Waals surface area (Å²) >= 11 is 0. The van der Waals surface area contributed by atoms with Crippen molar-refractivity contribution in [1.29, 1.82) is 0 Å². The van der Waals surface area contributed by atoms with Crippen molar-refractivity contribution >= 4 is 28.3 Å². The molecule has 0 bridgehead atoms. The fraction of sp³-hybridized carbons (Fsp3) is 0.0714. The Morgan fingerprint density at radius 1 is 1.30 bits per heavy atom. The highest BCUT2D eigenvalue weighted by Gasteiger charge is 2.12. The largest absolute Gasteiger partial charge is 0.383 e. The van der Waals surface area contributed by atoms with E-state index in [9.17, 15) is 4.79 Å². The number of carbonyl (C=O) groups excluding carboxylic acids is 1. The van der Waals surface area contributed by atoms with E-state index in [0.29, 0.717) is 17.4 Å². The summed E-state index contributed by atoms with van der Waals surface area (Å²) in [6.07, 6.45) is 0. The number of hydrogen-bond acceptors (Lipinski definition) is 5. The Labute approximate surface area is 114 Å². The lowest BCUT2D eigenvalue weighted by molar-refractivity contribution is 0.102. The number of anilines is 2. The number of aromatic nitrogens is 2. The normalized spacial score (nSPS) is 10.7. The molecular weight excluding hydrogens is 256 g/mol. The van der Waals surface area contributed by atoms with Gasteiger partial charge in [0, 0.05) is 11.5 Å². The molecule has 1 amide bonds. The zero-order chi connectivity index (χ0) is 14.1. The molecule has 0 saturated heterocycles. The molecule has 0 atom stereocenters. The van der Waals surface area contributed by atoms with E-state index in [2.05, 4.69) is 15.5 Å². The summed E-state index contributed by atoms with van der Waals surface area (Å²) in [6.45, 7) is 1.74. The molecule has 3 rings (SSSR count). The molecule has 6 heteroatoms.